The van der Waals surface area contributed by atoms with Crippen LogP contribution >= 0.6 is 0 Å². The van der Waals surface area contributed by atoms with Gasteiger partial charge in [-0.05, 0) is 19.1 Å². The minimum atomic E-state index is -0.186. The monoisotopic (exact) mass is 306 g/mol. The van der Waals surface area contributed by atoms with Crippen molar-refractivity contribution in [3.05, 3.63) is 29.8 Å². The number of hydrogen-bond donors (Lipinski definition) is 1. The molecule has 2 N–H and O–H groups in total. The molecule has 5 heteroatoms. The third-order valence-corrected chi connectivity index (χ3v) is 4.12. The van der Waals surface area contributed by atoms with Crippen LogP contribution in [0.5, 0.6) is 5.75 Å². The van der Waals surface area contributed by atoms with Crippen LogP contribution in [0.25, 0.3) is 0 Å². The van der Waals surface area contributed by atoms with E-state index in [-0.39, 0.29) is 18.1 Å². The van der Waals surface area contributed by atoms with Crippen molar-refractivity contribution in [1.82, 2.24) is 4.90 Å². The van der Waals surface area contributed by atoms with Crippen LogP contribution < -0.4 is 10.5 Å². The van der Waals surface area contributed by atoms with E-state index in [9.17, 15) is 4.79 Å². The normalized spacial score (nSPS) is 17.3. The van der Waals surface area contributed by atoms with Gasteiger partial charge in [0.1, 0.15) is 11.9 Å². The molecule has 1 unspecified atom stereocenters. The molecule has 1 fully saturated rings. The first-order chi connectivity index (χ1) is 10.6. The number of nitrogens with two attached hydrogens (primary N) is 1. The highest BCUT2D eigenvalue weighted by molar-refractivity contribution is 5.76. The molecule has 0 radical (unpaired) electrons. The van der Waals surface area contributed by atoms with Gasteiger partial charge in [-0.2, -0.15) is 0 Å². The molecule has 1 heterocycles. The standard InChI is InChI=1S/C17H26N2O3/c1-13-3-5-14(6-4-13)22-15-7-9-19(10-8-15)17(20)11-16(12-18)21-2/h3-6,15-16H,7-12,18H2,1-2H3. The molecule has 1 saturated heterocycles. The number of rotatable bonds is 6. The number of ether oxygens (including phenoxy) is 2. The van der Waals surface area contributed by atoms with Crippen LogP contribution in [-0.2, 0) is 9.53 Å². The number of nitrogens with zero attached hydrogens (tertiary/aromatic N) is 1. The van der Waals surface area contributed by atoms with Crippen molar-refractivity contribution in [1.29, 1.82) is 0 Å². The van der Waals surface area contributed by atoms with Gasteiger partial charge < -0.3 is 20.1 Å². The Morgan fingerprint density at radius 1 is 1.32 bits per heavy atom. The molecule has 1 amide bonds. The second-order valence-electron chi connectivity index (χ2n) is 5.81. The average molecular weight is 306 g/mol. The topological polar surface area (TPSA) is 64.8 Å². The summed E-state index contributed by atoms with van der Waals surface area (Å²) in [5.41, 5.74) is 6.79. The van der Waals surface area contributed by atoms with E-state index in [2.05, 4.69) is 6.92 Å². The molecule has 1 aromatic rings. The lowest BCUT2D eigenvalue weighted by Gasteiger charge is -2.33. The van der Waals surface area contributed by atoms with Crippen molar-refractivity contribution >= 4 is 5.91 Å². The Hall–Kier alpha value is -1.59. The van der Waals surface area contributed by atoms with Crippen LogP contribution in [0.2, 0.25) is 0 Å². The predicted octanol–water partition coefficient (Wildman–Crippen LogP) is 1.73. The largest absolute Gasteiger partial charge is 0.490 e. The fraction of sp³-hybridized carbons (Fsp3) is 0.588. The van der Waals surface area contributed by atoms with Crippen LogP contribution in [0.4, 0.5) is 0 Å². The molecule has 22 heavy (non-hydrogen) atoms. The van der Waals surface area contributed by atoms with Crippen molar-refractivity contribution in [2.45, 2.75) is 38.4 Å². The van der Waals surface area contributed by atoms with Gasteiger partial charge >= 0.3 is 0 Å². The number of carbonyl (C=O) groups is 1. The maximum Gasteiger partial charge on any atom is 0.225 e. The molecule has 0 spiro atoms. The Kier molecular flexibility index (Phi) is 6.21. The average Bonchev–Trinajstić information content (AvgIpc) is 2.55. The SMILES string of the molecule is COC(CN)CC(=O)N1CCC(Oc2ccc(C)cc2)CC1. The molecular formula is C17H26N2O3. The highest BCUT2D eigenvalue weighted by Gasteiger charge is 2.25. The fourth-order valence-corrected chi connectivity index (χ4v) is 2.62. The number of likely N-dealkylation sites (tertiary alicyclic amines) is 1. The number of hydrogen-bond acceptors (Lipinski definition) is 4. The van der Waals surface area contributed by atoms with Gasteiger partial charge in [0.15, 0.2) is 0 Å². The van der Waals surface area contributed by atoms with Gasteiger partial charge in [0, 0.05) is 39.6 Å². The Bertz CT molecular complexity index is 463. The van der Waals surface area contributed by atoms with Gasteiger partial charge in [0.25, 0.3) is 0 Å². The summed E-state index contributed by atoms with van der Waals surface area (Å²) in [6, 6.07) is 8.09. The van der Waals surface area contributed by atoms with E-state index >= 15 is 0 Å². The summed E-state index contributed by atoms with van der Waals surface area (Å²) < 4.78 is 11.2. The number of carbonyl (C=O) groups excluding carboxylic acids is 1. The molecule has 5 nitrogen and oxygen atoms in total. The summed E-state index contributed by atoms with van der Waals surface area (Å²) in [6.07, 6.45) is 2.07. The zero-order valence-electron chi connectivity index (χ0n) is 13.5. The second kappa shape index (κ2) is 8.15. The Morgan fingerprint density at radius 2 is 1.95 bits per heavy atom. The van der Waals surface area contributed by atoms with Gasteiger partial charge in [0.05, 0.1) is 12.5 Å². The second-order valence-corrected chi connectivity index (χ2v) is 5.81. The van der Waals surface area contributed by atoms with Crippen LogP contribution in [-0.4, -0.2) is 49.8 Å². The summed E-state index contributed by atoms with van der Waals surface area (Å²) in [4.78, 5) is 14.1. The first-order valence-electron chi connectivity index (χ1n) is 7.86. The summed E-state index contributed by atoms with van der Waals surface area (Å²) in [5.74, 6) is 1.02. The van der Waals surface area contributed by atoms with Crippen LogP contribution in [0.15, 0.2) is 24.3 Å². The third kappa shape index (κ3) is 4.71. The lowest BCUT2D eigenvalue weighted by atomic mass is 10.1. The minimum Gasteiger partial charge on any atom is -0.490 e. The third-order valence-electron chi connectivity index (χ3n) is 4.12. The fourth-order valence-electron chi connectivity index (χ4n) is 2.62. The van der Waals surface area contributed by atoms with Crippen molar-refractivity contribution < 1.29 is 14.3 Å². The number of piperidine rings is 1. The predicted molar refractivity (Wildman–Crippen MR) is 85.9 cm³/mol. The van der Waals surface area contributed by atoms with E-state index in [0.29, 0.717) is 13.0 Å². The molecule has 0 aliphatic carbocycles. The quantitative estimate of drug-likeness (QED) is 0.869. The van der Waals surface area contributed by atoms with Crippen molar-refractivity contribution in [2.24, 2.45) is 5.73 Å². The van der Waals surface area contributed by atoms with E-state index in [4.69, 9.17) is 15.2 Å². The van der Waals surface area contributed by atoms with Gasteiger partial charge in [-0.15, -0.1) is 0 Å². The summed E-state index contributed by atoms with van der Waals surface area (Å²) in [7, 11) is 1.59. The van der Waals surface area contributed by atoms with E-state index in [0.717, 1.165) is 31.7 Å². The zero-order chi connectivity index (χ0) is 15.9. The maximum atomic E-state index is 12.2. The highest BCUT2D eigenvalue weighted by Crippen LogP contribution is 2.20. The summed E-state index contributed by atoms with van der Waals surface area (Å²) in [5, 5.41) is 0. The molecule has 1 aliphatic heterocycles. The molecular weight excluding hydrogens is 280 g/mol. The first-order valence-corrected chi connectivity index (χ1v) is 7.86. The van der Waals surface area contributed by atoms with Crippen molar-refractivity contribution in [3.8, 4) is 5.75 Å². The lowest BCUT2D eigenvalue weighted by Crippen LogP contribution is -2.43. The van der Waals surface area contributed by atoms with Crippen LogP contribution in [0.3, 0.4) is 0 Å². The molecule has 0 saturated carbocycles. The molecule has 1 aliphatic rings. The van der Waals surface area contributed by atoms with Gasteiger partial charge in [-0.3, -0.25) is 4.79 Å². The van der Waals surface area contributed by atoms with E-state index < -0.39 is 0 Å². The van der Waals surface area contributed by atoms with E-state index in [1.807, 2.05) is 29.2 Å². The van der Waals surface area contributed by atoms with Gasteiger partial charge in [-0.1, -0.05) is 17.7 Å². The molecule has 122 valence electrons. The van der Waals surface area contributed by atoms with Crippen molar-refractivity contribution in [2.75, 3.05) is 26.7 Å². The number of aryl methyl sites for hydroxylation is 1. The molecule has 0 aromatic heterocycles. The van der Waals surface area contributed by atoms with E-state index in [1.165, 1.54) is 5.56 Å². The number of amides is 1. The van der Waals surface area contributed by atoms with Gasteiger partial charge in [0.2, 0.25) is 5.91 Å². The maximum absolute atomic E-state index is 12.2. The molecule has 0 bridgehead atoms. The van der Waals surface area contributed by atoms with Gasteiger partial charge in [-0.25, -0.2) is 0 Å². The summed E-state index contributed by atoms with van der Waals surface area (Å²) >= 11 is 0. The Balaban J connectivity index is 1.77. The van der Waals surface area contributed by atoms with Crippen LogP contribution in [0.1, 0.15) is 24.8 Å². The molecule has 2 rings (SSSR count). The number of methoxy groups -OCH3 is 1. The lowest BCUT2D eigenvalue weighted by molar-refractivity contribution is -0.135. The Labute approximate surface area is 132 Å². The molecule has 1 atom stereocenters. The van der Waals surface area contributed by atoms with E-state index in [1.54, 1.807) is 7.11 Å². The number of benzene rings is 1. The zero-order valence-corrected chi connectivity index (χ0v) is 13.5. The molecule has 1 aromatic carbocycles. The first kappa shape index (κ1) is 16.8. The van der Waals surface area contributed by atoms with Crippen LogP contribution in [0, 0.1) is 6.92 Å². The van der Waals surface area contributed by atoms with Crippen molar-refractivity contribution in [3.63, 3.8) is 0 Å². The Morgan fingerprint density at radius 3 is 2.50 bits per heavy atom. The summed E-state index contributed by atoms with van der Waals surface area (Å²) in [6.45, 7) is 3.89. The smallest absolute Gasteiger partial charge is 0.225 e. The highest BCUT2D eigenvalue weighted by atomic mass is 16.5. The minimum absolute atomic E-state index is 0.117.